The SMILES string of the molecule is CCN(CC)c1ccc(C2/C(=C(\O)c3ccc(Br)cc3)C(=O)C(=O)N2c2ccc(N(C)C)cc2)cc1. The van der Waals surface area contributed by atoms with E-state index in [0.29, 0.717) is 11.3 Å². The van der Waals surface area contributed by atoms with Gasteiger partial charge in [-0.3, -0.25) is 14.5 Å². The maximum atomic E-state index is 13.4. The number of hydrogen-bond acceptors (Lipinski definition) is 5. The van der Waals surface area contributed by atoms with Gasteiger partial charge in [0.05, 0.1) is 11.6 Å². The average molecular weight is 548 g/mol. The maximum absolute atomic E-state index is 13.4. The molecule has 1 aliphatic rings. The Kier molecular flexibility index (Phi) is 7.50. The van der Waals surface area contributed by atoms with Gasteiger partial charge >= 0.3 is 0 Å². The zero-order chi connectivity index (χ0) is 26.0. The fraction of sp³-hybridized carbons (Fsp3) is 0.241. The molecule has 1 heterocycles. The number of hydrogen-bond donors (Lipinski definition) is 1. The van der Waals surface area contributed by atoms with Crippen molar-refractivity contribution in [3.63, 3.8) is 0 Å². The number of nitrogens with zero attached hydrogens (tertiary/aromatic N) is 3. The van der Waals surface area contributed by atoms with E-state index in [-0.39, 0.29) is 11.3 Å². The highest BCUT2D eigenvalue weighted by atomic mass is 79.9. The Balaban J connectivity index is 1.87. The van der Waals surface area contributed by atoms with Gasteiger partial charge in [0.1, 0.15) is 5.76 Å². The molecule has 1 saturated heterocycles. The van der Waals surface area contributed by atoms with Crippen molar-refractivity contribution in [2.45, 2.75) is 19.9 Å². The largest absolute Gasteiger partial charge is 0.507 e. The molecule has 3 aromatic rings. The first-order valence-corrected chi connectivity index (χ1v) is 12.7. The summed E-state index contributed by atoms with van der Waals surface area (Å²) in [5.41, 5.74) is 3.93. The molecule has 1 atom stereocenters. The van der Waals surface area contributed by atoms with Gasteiger partial charge in [0.25, 0.3) is 11.7 Å². The highest BCUT2D eigenvalue weighted by molar-refractivity contribution is 9.10. The van der Waals surface area contributed by atoms with Crippen LogP contribution in [0.15, 0.2) is 82.8 Å². The number of ketones is 1. The molecule has 7 heteroatoms. The van der Waals surface area contributed by atoms with Crippen molar-refractivity contribution in [1.29, 1.82) is 0 Å². The molecule has 6 nitrogen and oxygen atoms in total. The van der Waals surface area contributed by atoms with Crippen molar-refractivity contribution in [3.05, 3.63) is 94.0 Å². The molecule has 1 amide bonds. The van der Waals surface area contributed by atoms with Gasteiger partial charge in [0, 0.05) is 54.3 Å². The monoisotopic (exact) mass is 547 g/mol. The topological polar surface area (TPSA) is 64.1 Å². The normalized spacial score (nSPS) is 16.9. The van der Waals surface area contributed by atoms with Crippen LogP contribution in [0.5, 0.6) is 0 Å². The minimum Gasteiger partial charge on any atom is -0.507 e. The number of aliphatic hydroxyl groups excluding tert-OH is 1. The number of aliphatic hydroxyl groups is 1. The van der Waals surface area contributed by atoms with E-state index in [1.807, 2.05) is 67.5 Å². The van der Waals surface area contributed by atoms with Gasteiger partial charge in [-0.05, 0) is 67.9 Å². The first kappa shape index (κ1) is 25.5. The van der Waals surface area contributed by atoms with Crippen LogP contribution in [0.25, 0.3) is 5.76 Å². The number of amides is 1. The lowest BCUT2D eigenvalue weighted by Crippen LogP contribution is -2.29. The van der Waals surface area contributed by atoms with Crippen molar-refractivity contribution < 1.29 is 14.7 Å². The Morgan fingerprint density at radius 1 is 0.861 bits per heavy atom. The molecule has 1 aliphatic heterocycles. The zero-order valence-electron chi connectivity index (χ0n) is 20.9. The smallest absolute Gasteiger partial charge is 0.300 e. The third-order valence-corrected chi connectivity index (χ3v) is 7.07. The van der Waals surface area contributed by atoms with Gasteiger partial charge in [0.15, 0.2) is 0 Å². The van der Waals surface area contributed by atoms with Crippen molar-refractivity contribution >= 4 is 50.4 Å². The molecule has 1 N–H and O–H groups in total. The van der Waals surface area contributed by atoms with Gasteiger partial charge in [-0.25, -0.2) is 0 Å². The lowest BCUT2D eigenvalue weighted by molar-refractivity contribution is -0.132. The Morgan fingerprint density at radius 2 is 1.42 bits per heavy atom. The van der Waals surface area contributed by atoms with E-state index in [4.69, 9.17) is 0 Å². The first-order chi connectivity index (χ1) is 17.3. The molecular weight excluding hydrogens is 518 g/mol. The second-order valence-corrected chi connectivity index (χ2v) is 9.77. The molecule has 0 bridgehead atoms. The van der Waals surface area contributed by atoms with E-state index in [9.17, 15) is 14.7 Å². The predicted molar refractivity (Wildman–Crippen MR) is 150 cm³/mol. The maximum Gasteiger partial charge on any atom is 0.300 e. The van der Waals surface area contributed by atoms with Gasteiger partial charge in [0.2, 0.25) is 0 Å². The minimum atomic E-state index is -0.760. The Morgan fingerprint density at radius 3 is 1.94 bits per heavy atom. The molecule has 1 fully saturated rings. The Bertz CT molecular complexity index is 1280. The highest BCUT2D eigenvalue weighted by Gasteiger charge is 2.47. The number of carbonyl (C=O) groups excluding carboxylic acids is 2. The summed E-state index contributed by atoms with van der Waals surface area (Å²) in [5.74, 6) is -1.56. The molecule has 186 valence electrons. The first-order valence-electron chi connectivity index (χ1n) is 12.0. The zero-order valence-corrected chi connectivity index (χ0v) is 22.5. The second-order valence-electron chi connectivity index (χ2n) is 8.85. The van der Waals surface area contributed by atoms with E-state index < -0.39 is 17.7 Å². The van der Waals surface area contributed by atoms with E-state index in [0.717, 1.165) is 34.5 Å². The summed E-state index contributed by atoms with van der Waals surface area (Å²) in [6.07, 6.45) is 0. The molecular formula is C29H30BrN3O3. The van der Waals surface area contributed by atoms with Crippen molar-refractivity contribution in [3.8, 4) is 0 Å². The highest BCUT2D eigenvalue weighted by Crippen LogP contribution is 2.42. The summed E-state index contributed by atoms with van der Waals surface area (Å²) in [4.78, 5) is 32.4. The molecule has 0 aliphatic carbocycles. The van der Waals surface area contributed by atoms with Crippen LogP contribution >= 0.6 is 15.9 Å². The average Bonchev–Trinajstić information content (AvgIpc) is 3.15. The summed E-state index contributed by atoms with van der Waals surface area (Å²) in [6, 6.07) is 21.6. The van der Waals surface area contributed by atoms with Crippen LogP contribution in [0.4, 0.5) is 17.1 Å². The third kappa shape index (κ3) is 4.75. The van der Waals surface area contributed by atoms with Crippen molar-refractivity contribution in [1.82, 2.24) is 0 Å². The van der Waals surface area contributed by atoms with Gasteiger partial charge in [-0.2, -0.15) is 0 Å². The number of halogens is 1. The fourth-order valence-electron chi connectivity index (χ4n) is 4.55. The number of carbonyl (C=O) groups is 2. The van der Waals surface area contributed by atoms with Gasteiger partial charge in [-0.1, -0.05) is 40.2 Å². The van der Waals surface area contributed by atoms with Gasteiger partial charge in [-0.15, -0.1) is 0 Å². The molecule has 0 saturated carbocycles. The quantitative estimate of drug-likeness (QED) is 0.223. The fourth-order valence-corrected chi connectivity index (χ4v) is 4.81. The van der Waals surface area contributed by atoms with Crippen LogP contribution < -0.4 is 14.7 Å². The standard InChI is InChI=1S/C29H30BrN3O3/c1-5-32(6-2)23-13-9-19(10-14-23)26-25(27(34)20-7-11-21(30)12-8-20)28(35)29(36)33(26)24-17-15-22(16-18-24)31(3)4/h7-18,26,34H,5-6H2,1-4H3/b27-25+. The van der Waals surface area contributed by atoms with E-state index >= 15 is 0 Å². The van der Waals surface area contributed by atoms with E-state index in [1.165, 1.54) is 4.90 Å². The molecule has 36 heavy (non-hydrogen) atoms. The molecule has 0 aromatic heterocycles. The van der Waals surface area contributed by atoms with Crippen LogP contribution in [0, 0.1) is 0 Å². The summed E-state index contributed by atoms with van der Waals surface area (Å²) in [6.45, 7) is 5.94. The molecule has 0 radical (unpaired) electrons. The van der Waals surface area contributed by atoms with Crippen molar-refractivity contribution in [2.24, 2.45) is 0 Å². The Hall–Kier alpha value is -3.58. The van der Waals surface area contributed by atoms with Crippen molar-refractivity contribution in [2.75, 3.05) is 41.9 Å². The molecule has 0 spiro atoms. The van der Waals surface area contributed by atoms with E-state index in [1.54, 1.807) is 24.3 Å². The summed E-state index contributed by atoms with van der Waals surface area (Å²) < 4.78 is 0.851. The number of benzene rings is 3. The third-order valence-electron chi connectivity index (χ3n) is 6.54. The van der Waals surface area contributed by atoms with Gasteiger partial charge < -0.3 is 14.9 Å². The number of rotatable bonds is 7. The lowest BCUT2D eigenvalue weighted by atomic mass is 9.95. The predicted octanol–water partition coefficient (Wildman–Crippen LogP) is 5.99. The number of Topliss-reactive ketones (excluding diaryl/α,β-unsaturated/α-hetero) is 1. The van der Waals surface area contributed by atoms with Crippen LogP contribution in [0.3, 0.4) is 0 Å². The Labute approximate surface area is 220 Å². The van der Waals surface area contributed by atoms with E-state index in [2.05, 4.69) is 34.7 Å². The summed E-state index contributed by atoms with van der Waals surface area (Å²) in [7, 11) is 3.88. The van der Waals surface area contributed by atoms with Crippen LogP contribution in [0.1, 0.15) is 31.0 Å². The number of anilines is 3. The summed E-state index contributed by atoms with van der Waals surface area (Å²) >= 11 is 3.40. The molecule has 3 aromatic carbocycles. The second kappa shape index (κ2) is 10.6. The minimum absolute atomic E-state index is 0.0783. The summed E-state index contributed by atoms with van der Waals surface area (Å²) in [5, 5.41) is 11.3. The lowest BCUT2D eigenvalue weighted by Gasteiger charge is -2.27. The van der Waals surface area contributed by atoms with Crippen LogP contribution in [0.2, 0.25) is 0 Å². The molecule has 4 rings (SSSR count). The molecule has 1 unspecified atom stereocenters. The van der Waals surface area contributed by atoms with Crippen LogP contribution in [-0.4, -0.2) is 44.0 Å². The van der Waals surface area contributed by atoms with Crippen LogP contribution in [-0.2, 0) is 9.59 Å².